The molecular formula is C17H25N3O3. The third-order valence-electron chi connectivity index (χ3n) is 3.88. The Balaban J connectivity index is 1.81. The van der Waals surface area contributed by atoms with Gasteiger partial charge >= 0.3 is 0 Å². The van der Waals surface area contributed by atoms with Gasteiger partial charge in [-0.15, -0.1) is 0 Å². The molecule has 1 atom stereocenters. The minimum atomic E-state index is -0.243. The standard InChI is InChI=1S/C17H25N3O3/c1-19(2)7-8-23-15-6-4-5-13(9-15)11-18-17(22)14-10-16(21)20(3)12-14/h4-6,9,14H,7-8,10-12H2,1-3H3,(H,18,22)/t14-/m0/s1. The summed E-state index contributed by atoms with van der Waals surface area (Å²) in [6.07, 6.45) is 0.302. The number of hydrogen-bond acceptors (Lipinski definition) is 4. The maximum absolute atomic E-state index is 12.1. The highest BCUT2D eigenvalue weighted by Gasteiger charge is 2.31. The van der Waals surface area contributed by atoms with Crippen LogP contribution < -0.4 is 10.1 Å². The third kappa shape index (κ3) is 5.25. The minimum absolute atomic E-state index is 0.0291. The van der Waals surface area contributed by atoms with Gasteiger partial charge in [0.1, 0.15) is 12.4 Å². The van der Waals surface area contributed by atoms with Gasteiger partial charge in [0, 0.05) is 33.1 Å². The lowest BCUT2D eigenvalue weighted by Gasteiger charge is -2.13. The molecule has 6 heteroatoms. The van der Waals surface area contributed by atoms with Crippen LogP contribution in [0.15, 0.2) is 24.3 Å². The van der Waals surface area contributed by atoms with E-state index >= 15 is 0 Å². The molecule has 0 spiro atoms. The molecule has 0 aromatic heterocycles. The monoisotopic (exact) mass is 319 g/mol. The molecule has 0 bridgehead atoms. The number of nitrogens with zero attached hydrogens (tertiary/aromatic N) is 2. The van der Waals surface area contributed by atoms with E-state index in [0.29, 0.717) is 26.1 Å². The topological polar surface area (TPSA) is 61.9 Å². The van der Waals surface area contributed by atoms with Crippen LogP contribution in [-0.2, 0) is 16.1 Å². The maximum atomic E-state index is 12.1. The number of carbonyl (C=O) groups is 2. The summed E-state index contributed by atoms with van der Waals surface area (Å²) < 4.78 is 5.69. The Morgan fingerprint density at radius 1 is 1.43 bits per heavy atom. The summed E-state index contributed by atoms with van der Waals surface area (Å²) in [5, 5.41) is 2.90. The first kappa shape index (κ1) is 17.3. The van der Waals surface area contributed by atoms with Crippen molar-refractivity contribution in [3.63, 3.8) is 0 Å². The molecule has 0 radical (unpaired) electrons. The summed E-state index contributed by atoms with van der Waals surface area (Å²) in [4.78, 5) is 27.3. The van der Waals surface area contributed by atoms with Gasteiger partial charge in [0.25, 0.3) is 0 Å². The molecule has 2 rings (SSSR count). The van der Waals surface area contributed by atoms with E-state index in [4.69, 9.17) is 4.74 Å². The number of hydrogen-bond donors (Lipinski definition) is 1. The molecule has 1 aliphatic heterocycles. The summed E-state index contributed by atoms with van der Waals surface area (Å²) in [5.41, 5.74) is 0.985. The Bertz CT molecular complexity index is 560. The van der Waals surface area contributed by atoms with E-state index in [1.807, 2.05) is 38.4 Å². The number of likely N-dealkylation sites (N-methyl/N-ethyl adjacent to an activating group) is 1. The highest BCUT2D eigenvalue weighted by Crippen LogP contribution is 2.17. The average Bonchev–Trinajstić information content (AvgIpc) is 2.84. The zero-order chi connectivity index (χ0) is 16.8. The fourth-order valence-electron chi connectivity index (χ4n) is 2.46. The molecule has 2 amide bonds. The Morgan fingerprint density at radius 3 is 2.87 bits per heavy atom. The Kier molecular flexibility index (Phi) is 5.98. The van der Waals surface area contributed by atoms with Gasteiger partial charge in [-0.25, -0.2) is 0 Å². The first-order valence-electron chi connectivity index (χ1n) is 7.84. The number of likely N-dealkylation sites (tertiary alicyclic amines) is 1. The lowest BCUT2D eigenvalue weighted by molar-refractivity contribution is -0.128. The molecular weight excluding hydrogens is 294 g/mol. The second-order valence-corrected chi connectivity index (χ2v) is 6.19. The number of carbonyl (C=O) groups excluding carboxylic acids is 2. The van der Waals surface area contributed by atoms with Crippen molar-refractivity contribution in [2.45, 2.75) is 13.0 Å². The molecule has 23 heavy (non-hydrogen) atoms. The van der Waals surface area contributed by atoms with E-state index in [0.717, 1.165) is 17.9 Å². The summed E-state index contributed by atoms with van der Waals surface area (Å²) in [7, 11) is 5.73. The largest absolute Gasteiger partial charge is 0.492 e. The van der Waals surface area contributed by atoms with Gasteiger partial charge in [-0.3, -0.25) is 9.59 Å². The zero-order valence-corrected chi connectivity index (χ0v) is 14.0. The first-order valence-corrected chi connectivity index (χ1v) is 7.84. The first-order chi connectivity index (χ1) is 11.0. The zero-order valence-electron chi connectivity index (χ0n) is 14.0. The van der Waals surface area contributed by atoms with Gasteiger partial charge in [0.2, 0.25) is 11.8 Å². The smallest absolute Gasteiger partial charge is 0.225 e. The molecule has 0 aliphatic carbocycles. The van der Waals surface area contributed by atoms with Crippen LogP contribution in [0.25, 0.3) is 0 Å². The van der Waals surface area contributed by atoms with Gasteiger partial charge in [-0.1, -0.05) is 12.1 Å². The third-order valence-corrected chi connectivity index (χ3v) is 3.88. The number of ether oxygens (including phenoxy) is 1. The molecule has 1 aromatic carbocycles. The maximum Gasteiger partial charge on any atom is 0.225 e. The van der Waals surface area contributed by atoms with E-state index in [1.54, 1.807) is 11.9 Å². The second kappa shape index (κ2) is 7.97. The van der Waals surface area contributed by atoms with E-state index in [9.17, 15) is 9.59 Å². The molecule has 1 aliphatic rings. The highest BCUT2D eigenvalue weighted by atomic mass is 16.5. The predicted octanol–water partition coefficient (Wildman–Crippen LogP) is 0.722. The quantitative estimate of drug-likeness (QED) is 0.804. The molecule has 1 aromatic rings. The van der Waals surface area contributed by atoms with Crippen LogP contribution >= 0.6 is 0 Å². The lowest BCUT2D eigenvalue weighted by atomic mass is 10.1. The molecule has 0 saturated carbocycles. The van der Waals surface area contributed by atoms with Crippen LogP contribution in [0.2, 0.25) is 0 Å². The minimum Gasteiger partial charge on any atom is -0.492 e. The van der Waals surface area contributed by atoms with Crippen LogP contribution in [0, 0.1) is 5.92 Å². The Hall–Kier alpha value is -2.08. The van der Waals surface area contributed by atoms with Crippen LogP contribution in [0.3, 0.4) is 0 Å². The number of benzene rings is 1. The van der Waals surface area contributed by atoms with Crippen LogP contribution in [0.4, 0.5) is 0 Å². The molecule has 126 valence electrons. The van der Waals surface area contributed by atoms with Crippen LogP contribution in [-0.4, -0.2) is 62.5 Å². The van der Waals surface area contributed by atoms with Crippen LogP contribution in [0.1, 0.15) is 12.0 Å². The van der Waals surface area contributed by atoms with Crippen molar-refractivity contribution in [1.82, 2.24) is 15.1 Å². The summed E-state index contributed by atoms with van der Waals surface area (Å²) in [6.45, 7) is 2.42. The van der Waals surface area contributed by atoms with E-state index in [1.165, 1.54) is 0 Å². The number of rotatable bonds is 7. The summed E-state index contributed by atoms with van der Waals surface area (Å²) in [5.74, 6) is 0.518. The molecule has 1 fully saturated rings. The normalized spacial score (nSPS) is 17.7. The van der Waals surface area contributed by atoms with Gasteiger partial charge in [-0.05, 0) is 31.8 Å². The van der Waals surface area contributed by atoms with E-state index in [-0.39, 0.29) is 17.7 Å². The molecule has 0 unspecified atom stereocenters. The molecule has 1 saturated heterocycles. The fourth-order valence-corrected chi connectivity index (χ4v) is 2.46. The Morgan fingerprint density at radius 2 is 2.22 bits per heavy atom. The average molecular weight is 319 g/mol. The molecule has 1 heterocycles. The lowest BCUT2D eigenvalue weighted by Crippen LogP contribution is -2.31. The van der Waals surface area contributed by atoms with Crippen molar-refractivity contribution in [3.05, 3.63) is 29.8 Å². The van der Waals surface area contributed by atoms with Crippen molar-refractivity contribution < 1.29 is 14.3 Å². The Labute approximate surface area is 137 Å². The van der Waals surface area contributed by atoms with E-state index < -0.39 is 0 Å². The van der Waals surface area contributed by atoms with Crippen molar-refractivity contribution in [1.29, 1.82) is 0 Å². The number of amides is 2. The van der Waals surface area contributed by atoms with Crippen molar-refractivity contribution in [2.24, 2.45) is 5.92 Å². The van der Waals surface area contributed by atoms with Crippen molar-refractivity contribution in [3.8, 4) is 5.75 Å². The van der Waals surface area contributed by atoms with E-state index in [2.05, 4.69) is 10.2 Å². The van der Waals surface area contributed by atoms with Gasteiger partial charge < -0.3 is 19.9 Å². The van der Waals surface area contributed by atoms with Gasteiger partial charge in [0.15, 0.2) is 0 Å². The summed E-state index contributed by atoms with van der Waals surface area (Å²) in [6, 6.07) is 7.71. The van der Waals surface area contributed by atoms with Gasteiger partial charge in [0.05, 0.1) is 5.92 Å². The summed E-state index contributed by atoms with van der Waals surface area (Å²) >= 11 is 0. The fraction of sp³-hybridized carbons (Fsp3) is 0.529. The van der Waals surface area contributed by atoms with Crippen molar-refractivity contribution >= 4 is 11.8 Å². The predicted molar refractivity (Wildman–Crippen MR) is 88.1 cm³/mol. The molecule has 1 N–H and O–H groups in total. The number of nitrogens with one attached hydrogen (secondary N) is 1. The van der Waals surface area contributed by atoms with Crippen LogP contribution in [0.5, 0.6) is 5.75 Å². The van der Waals surface area contributed by atoms with Gasteiger partial charge in [-0.2, -0.15) is 0 Å². The second-order valence-electron chi connectivity index (χ2n) is 6.19. The SMILES string of the molecule is CN(C)CCOc1cccc(CNC(=O)[C@H]2CC(=O)N(C)C2)c1. The highest BCUT2D eigenvalue weighted by molar-refractivity contribution is 5.89. The van der Waals surface area contributed by atoms with Crippen molar-refractivity contribution in [2.75, 3.05) is 40.8 Å². The molecule has 6 nitrogen and oxygen atoms in total.